The molecule has 0 N–H and O–H groups in total. The molecule has 0 spiro atoms. The van der Waals surface area contributed by atoms with Crippen molar-refractivity contribution in [2.75, 3.05) is 23.1 Å². The molecule has 0 saturated heterocycles. The van der Waals surface area contributed by atoms with Crippen molar-refractivity contribution in [3.05, 3.63) is 194 Å². The summed E-state index contributed by atoms with van der Waals surface area (Å²) < 4.78 is 4.13. The zero-order chi connectivity index (χ0) is 34.7. The molecule has 0 unspecified atom stereocenters. The van der Waals surface area contributed by atoms with Crippen LogP contribution >= 0.6 is 0 Å². The van der Waals surface area contributed by atoms with Gasteiger partial charge in [0, 0.05) is 51.3 Å². The van der Waals surface area contributed by atoms with E-state index in [0.717, 1.165) is 34.1 Å². The molecule has 0 atom stereocenters. The van der Waals surface area contributed by atoms with Crippen LogP contribution in [-0.2, 0) is 0 Å². The zero-order valence-corrected chi connectivity index (χ0v) is 28.6. The maximum Gasteiger partial charge on any atom is 0.254 e. The molecular formula is C46H36N6+2. The van der Waals surface area contributed by atoms with Gasteiger partial charge in [0.15, 0.2) is 11.4 Å². The van der Waals surface area contributed by atoms with Crippen molar-refractivity contribution >= 4 is 67.0 Å². The third kappa shape index (κ3) is 6.07. The fourth-order valence-electron chi connectivity index (χ4n) is 6.95. The Morgan fingerprint density at radius 3 is 1.44 bits per heavy atom. The number of rotatable bonds is 4. The van der Waals surface area contributed by atoms with Crippen molar-refractivity contribution in [1.29, 1.82) is 0 Å². The number of fused-ring (bicyclic) bond motifs is 5. The maximum atomic E-state index is 5.01. The average Bonchev–Trinajstić information content (AvgIpc) is 3.23. The average molecular weight is 673 g/mol. The van der Waals surface area contributed by atoms with E-state index in [1.165, 1.54) is 32.9 Å². The molecule has 0 bridgehead atoms. The Balaban J connectivity index is 0.000000138. The number of azo groups is 4. The molecule has 8 aromatic rings. The Bertz CT molecular complexity index is 2520. The summed E-state index contributed by atoms with van der Waals surface area (Å²) in [4.78, 5) is 4.64. The normalized spacial score (nSPS) is 13.4. The minimum Gasteiger partial charge on any atom is -0.281 e. The van der Waals surface area contributed by atoms with Gasteiger partial charge in [0.05, 0.1) is 11.4 Å². The highest BCUT2D eigenvalue weighted by Gasteiger charge is 2.30. The van der Waals surface area contributed by atoms with E-state index in [1.807, 2.05) is 36.4 Å². The quantitative estimate of drug-likeness (QED) is 0.175. The van der Waals surface area contributed by atoms with Gasteiger partial charge in [-0.05, 0) is 58.6 Å². The van der Waals surface area contributed by atoms with Crippen LogP contribution in [0.3, 0.4) is 0 Å². The fraction of sp³-hybridized carbons (Fsp3) is 0.0435. The molecule has 2 heterocycles. The molecule has 8 aromatic carbocycles. The number of para-hydroxylation sites is 4. The molecule has 0 saturated carbocycles. The van der Waals surface area contributed by atoms with Crippen molar-refractivity contribution in [2.45, 2.75) is 0 Å². The lowest BCUT2D eigenvalue weighted by Crippen LogP contribution is -2.28. The number of hydrogen-bond acceptors (Lipinski definition) is 4. The Morgan fingerprint density at radius 2 is 0.846 bits per heavy atom. The smallest absolute Gasteiger partial charge is 0.254 e. The zero-order valence-electron chi connectivity index (χ0n) is 28.6. The van der Waals surface area contributed by atoms with Crippen molar-refractivity contribution in [2.24, 2.45) is 10.2 Å². The monoisotopic (exact) mass is 672 g/mol. The van der Waals surface area contributed by atoms with Crippen LogP contribution in [0.5, 0.6) is 0 Å². The van der Waals surface area contributed by atoms with E-state index in [-0.39, 0.29) is 0 Å². The summed E-state index contributed by atoms with van der Waals surface area (Å²) in [6, 6.07) is 67.3. The maximum absolute atomic E-state index is 5.01. The van der Waals surface area contributed by atoms with Crippen LogP contribution in [-0.4, -0.2) is 22.7 Å². The minimum absolute atomic E-state index is 0.680. The number of anilines is 4. The van der Waals surface area contributed by atoms with Crippen LogP contribution in [0.4, 0.5) is 45.5 Å². The molecule has 6 nitrogen and oxygen atoms in total. The van der Waals surface area contributed by atoms with Gasteiger partial charge in [-0.3, -0.25) is 9.80 Å². The molecular weight excluding hydrogens is 637 g/mol. The highest BCUT2D eigenvalue weighted by molar-refractivity contribution is 6.00. The summed E-state index contributed by atoms with van der Waals surface area (Å²) in [6.07, 6.45) is 0. The van der Waals surface area contributed by atoms with E-state index in [9.17, 15) is 0 Å². The standard InChI is InChI=1S/2C23H18N3/c1-3-11-20(12-4-1)25-17-26(21-13-5-2-6-14-21)24-22-15-18-9-7-8-10-19(18)16-23(22)25;1-3-10-19(11-4-1)25-17-26(20-12-5-2-6-13-20)24-23-21-14-8-7-9-18(21)15-16-22(23)25/h2*1-16H,17H2/q2*+1. The summed E-state index contributed by atoms with van der Waals surface area (Å²) >= 11 is 0. The fourth-order valence-corrected chi connectivity index (χ4v) is 6.95. The second-order valence-electron chi connectivity index (χ2n) is 12.8. The Labute approximate surface area is 303 Å². The first-order chi connectivity index (χ1) is 25.8. The van der Waals surface area contributed by atoms with Crippen LogP contribution in [0.1, 0.15) is 0 Å². The first-order valence-electron chi connectivity index (χ1n) is 17.6. The topological polar surface area (TPSA) is 37.2 Å². The number of hydrogen-bond donors (Lipinski definition) is 0. The van der Waals surface area contributed by atoms with Gasteiger partial charge in [-0.25, -0.2) is 0 Å². The molecule has 0 radical (unpaired) electrons. The summed E-state index contributed by atoms with van der Waals surface area (Å²) in [5.74, 6) is 0. The Hall–Kier alpha value is -6.92. The third-order valence-electron chi connectivity index (χ3n) is 9.55. The van der Waals surface area contributed by atoms with E-state index in [0.29, 0.717) is 13.3 Å². The van der Waals surface area contributed by atoms with Crippen molar-refractivity contribution in [3.63, 3.8) is 0 Å². The van der Waals surface area contributed by atoms with Gasteiger partial charge >= 0.3 is 0 Å². The summed E-state index contributed by atoms with van der Waals surface area (Å²) in [5, 5.41) is 14.8. The molecule has 2 aliphatic rings. The highest BCUT2D eigenvalue weighted by Crippen LogP contribution is 2.44. The summed E-state index contributed by atoms with van der Waals surface area (Å²) in [5.41, 5.74) is 8.80. The van der Waals surface area contributed by atoms with Crippen LogP contribution in [0, 0.1) is 0 Å². The second-order valence-corrected chi connectivity index (χ2v) is 12.8. The van der Waals surface area contributed by atoms with Crippen LogP contribution < -0.4 is 9.80 Å². The summed E-state index contributed by atoms with van der Waals surface area (Å²) in [7, 11) is 0. The van der Waals surface area contributed by atoms with Crippen molar-refractivity contribution in [3.8, 4) is 0 Å². The van der Waals surface area contributed by atoms with E-state index in [2.05, 4.69) is 177 Å². The van der Waals surface area contributed by atoms with E-state index >= 15 is 0 Å². The van der Waals surface area contributed by atoms with E-state index in [1.54, 1.807) is 0 Å². The van der Waals surface area contributed by atoms with E-state index in [4.69, 9.17) is 10.2 Å². The summed E-state index contributed by atoms with van der Waals surface area (Å²) in [6.45, 7) is 1.36. The van der Waals surface area contributed by atoms with Gasteiger partial charge in [-0.1, -0.05) is 137 Å². The number of nitrogens with zero attached hydrogens (tertiary/aromatic N) is 6. The molecule has 0 aromatic heterocycles. The second kappa shape index (κ2) is 13.8. The van der Waals surface area contributed by atoms with Gasteiger partial charge in [0.25, 0.3) is 13.3 Å². The molecule has 0 aliphatic carbocycles. The lowest BCUT2D eigenvalue weighted by atomic mass is 10.1. The van der Waals surface area contributed by atoms with Crippen molar-refractivity contribution in [1.82, 2.24) is 0 Å². The van der Waals surface area contributed by atoms with Gasteiger partial charge in [0.1, 0.15) is 0 Å². The molecule has 248 valence electrons. The number of benzene rings is 8. The lowest BCUT2D eigenvalue weighted by molar-refractivity contribution is -0.508. The Morgan fingerprint density at radius 1 is 0.385 bits per heavy atom. The SMILES string of the molecule is c1ccc(N2C[N+](c3ccccc3)=Nc3c2ccc2ccccc32)cc1.c1ccc(N2C[N+](c3ccccc3)=Nc3cc4ccccc4cc32)cc1. The van der Waals surface area contributed by atoms with Gasteiger partial charge < -0.3 is 0 Å². The predicted octanol–water partition coefficient (Wildman–Crippen LogP) is 12.8. The molecule has 0 fully saturated rings. The largest absolute Gasteiger partial charge is 0.281 e. The van der Waals surface area contributed by atoms with E-state index < -0.39 is 0 Å². The highest BCUT2D eigenvalue weighted by atomic mass is 15.4. The van der Waals surface area contributed by atoms with Gasteiger partial charge in [0.2, 0.25) is 11.4 Å². The molecule has 2 aliphatic heterocycles. The first-order valence-corrected chi connectivity index (χ1v) is 17.6. The lowest BCUT2D eigenvalue weighted by Gasteiger charge is -2.26. The predicted molar refractivity (Wildman–Crippen MR) is 212 cm³/mol. The van der Waals surface area contributed by atoms with Gasteiger partial charge in [-0.15, -0.1) is 0 Å². The van der Waals surface area contributed by atoms with Crippen LogP contribution in [0.25, 0.3) is 21.5 Å². The van der Waals surface area contributed by atoms with Crippen LogP contribution in [0.15, 0.2) is 204 Å². The minimum atomic E-state index is 0.680. The van der Waals surface area contributed by atoms with Crippen molar-refractivity contribution < 1.29 is 9.39 Å². The molecule has 52 heavy (non-hydrogen) atoms. The first kappa shape index (κ1) is 31.1. The van der Waals surface area contributed by atoms with Gasteiger partial charge in [-0.2, -0.15) is 0 Å². The Kier molecular flexibility index (Phi) is 8.23. The van der Waals surface area contributed by atoms with Crippen LogP contribution in [0.2, 0.25) is 0 Å². The molecule has 6 heteroatoms. The molecule has 0 amide bonds. The third-order valence-corrected chi connectivity index (χ3v) is 9.55. The molecule has 10 rings (SSSR count).